The second-order valence-corrected chi connectivity index (χ2v) is 7.52. The van der Waals surface area contributed by atoms with E-state index in [0.29, 0.717) is 23.9 Å². The van der Waals surface area contributed by atoms with Gasteiger partial charge in [-0.3, -0.25) is 14.2 Å². The molecule has 1 saturated carbocycles. The van der Waals surface area contributed by atoms with Crippen LogP contribution in [-0.4, -0.2) is 72.7 Å². The van der Waals surface area contributed by atoms with E-state index in [0.717, 1.165) is 19.3 Å². The maximum absolute atomic E-state index is 12.4. The summed E-state index contributed by atoms with van der Waals surface area (Å²) in [6.45, 7) is 0.150. The largest absolute Gasteiger partial charge is 0.418 e. The molecule has 2 heterocycles. The van der Waals surface area contributed by atoms with Crippen molar-refractivity contribution >= 4 is 22.3 Å². The van der Waals surface area contributed by atoms with E-state index >= 15 is 0 Å². The first-order valence-electron chi connectivity index (χ1n) is 8.18. The zero-order valence-corrected chi connectivity index (χ0v) is 14.6. The van der Waals surface area contributed by atoms with Gasteiger partial charge in [-0.05, 0) is 39.2 Å². The van der Waals surface area contributed by atoms with Crippen molar-refractivity contribution in [3.63, 3.8) is 0 Å². The molecule has 2 saturated heterocycles. The first-order valence-corrected chi connectivity index (χ1v) is 9.54. The lowest BCUT2D eigenvalue weighted by atomic mass is 10.0. The number of urea groups is 1. The Bertz CT molecular complexity index is 642. The number of nitrogens with one attached hydrogen (secondary N) is 2. The van der Waals surface area contributed by atoms with Gasteiger partial charge in [-0.25, -0.2) is 10.3 Å². The highest BCUT2D eigenvalue weighted by atomic mass is 32.3. The average Bonchev–Trinajstić information content (AvgIpc) is 3.11. The summed E-state index contributed by atoms with van der Waals surface area (Å²) in [6, 6.07) is -1.69. The molecule has 0 radical (unpaired) electrons. The number of piperidine rings is 1. The molecule has 0 aromatic carbocycles. The van der Waals surface area contributed by atoms with Gasteiger partial charge in [-0.2, -0.15) is 13.5 Å². The van der Waals surface area contributed by atoms with Crippen LogP contribution in [0.5, 0.6) is 0 Å². The Kier molecular flexibility index (Phi) is 5.16. The molecule has 2 aliphatic heterocycles. The van der Waals surface area contributed by atoms with E-state index in [1.54, 1.807) is 0 Å². The number of rotatable bonds is 6. The van der Waals surface area contributed by atoms with E-state index in [9.17, 15) is 18.0 Å². The van der Waals surface area contributed by atoms with Gasteiger partial charge >= 0.3 is 16.4 Å². The molecular formula is C13H22N4O7S. The topological polar surface area (TPSA) is 138 Å². The Hall–Kier alpha value is -1.47. The molecule has 0 unspecified atom stereocenters. The van der Waals surface area contributed by atoms with Crippen LogP contribution in [0.3, 0.4) is 0 Å². The van der Waals surface area contributed by atoms with Crippen LogP contribution in [0.1, 0.15) is 32.1 Å². The van der Waals surface area contributed by atoms with Crippen LogP contribution >= 0.6 is 0 Å². The van der Waals surface area contributed by atoms with Crippen molar-refractivity contribution in [1.82, 2.24) is 20.8 Å². The summed E-state index contributed by atoms with van der Waals surface area (Å²) in [7, 11) is -2.92. The highest BCUT2D eigenvalue weighted by Gasteiger charge is 2.49. The monoisotopic (exact) mass is 378 g/mol. The van der Waals surface area contributed by atoms with Gasteiger partial charge in [0, 0.05) is 12.6 Å². The zero-order valence-electron chi connectivity index (χ0n) is 13.8. The van der Waals surface area contributed by atoms with Gasteiger partial charge in [0.15, 0.2) is 0 Å². The van der Waals surface area contributed by atoms with Crippen LogP contribution in [-0.2, 0) is 24.3 Å². The number of nitrogens with zero attached hydrogens (tertiary/aromatic N) is 2. The number of fused-ring (bicyclic) bond motifs is 2. The summed E-state index contributed by atoms with van der Waals surface area (Å²) in [5.41, 5.74) is 2.42. The Morgan fingerprint density at radius 2 is 2.04 bits per heavy atom. The van der Waals surface area contributed by atoms with Gasteiger partial charge in [0.05, 0.1) is 12.1 Å². The zero-order chi connectivity index (χ0) is 18.2. The Morgan fingerprint density at radius 1 is 1.28 bits per heavy atom. The molecular weight excluding hydrogens is 356 g/mol. The molecule has 0 aromatic rings. The minimum absolute atomic E-state index is 0.0774. The Morgan fingerprint density at radius 3 is 2.68 bits per heavy atom. The van der Waals surface area contributed by atoms with Crippen molar-refractivity contribution in [2.45, 2.75) is 56.3 Å². The quantitative estimate of drug-likeness (QED) is 0.403. The van der Waals surface area contributed by atoms with Gasteiger partial charge in [-0.15, -0.1) is 4.28 Å². The van der Waals surface area contributed by atoms with Crippen LogP contribution in [0.15, 0.2) is 0 Å². The third kappa shape index (κ3) is 4.03. The van der Waals surface area contributed by atoms with Gasteiger partial charge < -0.3 is 10.2 Å². The van der Waals surface area contributed by atoms with Gasteiger partial charge in [-0.1, -0.05) is 0 Å². The molecule has 11 nitrogen and oxygen atoms in total. The third-order valence-electron chi connectivity index (χ3n) is 4.92. The molecule has 4 atom stereocenters. The fourth-order valence-electron chi connectivity index (χ4n) is 3.62. The second kappa shape index (κ2) is 7.03. The van der Waals surface area contributed by atoms with Crippen molar-refractivity contribution in [1.29, 1.82) is 0 Å². The number of amides is 3. The van der Waals surface area contributed by atoms with Crippen LogP contribution in [0, 0.1) is 0 Å². The fraction of sp³-hybridized carbons (Fsp3) is 0.846. The van der Waals surface area contributed by atoms with Gasteiger partial charge in [0.1, 0.15) is 6.04 Å². The molecule has 2 bridgehead atoms. The molecule has 142 valence electrons. The van der Waals surface area contributed by atoms with Crippen molar-refractivity contribution in [2.75, 3.05) is 13.6 Å². The second-order valence-electron chi connectivity index (χ2n) is 6.51. The number of carbonyl (C=O) groups excluding carboxylic acids is 2. The molecule has 3 amide bonds. The molecule has 3 N–H and O–H groups in total. The maximum Gasteiger partial charge on any atom is 0.418 e. The van der Waals surface area contributed by atoms with E-state index in [1.807, 2.05) is 7.05 Å². The molecule has 0 aromatic heterocycles. The first-order chi connectivity index (χ1) is 11.8. The summed E-state index contributed by atoms with van der Waals surface area (Å²) in [6.07, 6.45) is 3.24. The summed E-state index contributed by atoms with van der Waals surface area (Å²) < 4.78 is 34.8. The van der Waals surface area contributed by atoms with Crippen molar-refractivity contribution in [3.8, 4) is 0 Å². The minimum Gasteiger partial charge on any atom is -0.317 e. The summed E-state index contributed by atoms with van der Waals surface area (Å²) in [5.74, 6) is -0.451. The van der Waals surface area contributed by atoms with Crippen LogP contribution in [0.4, 0.5) is 4.79 Å². The molecule has 3 aliphatic rings. The van der Waals surface area contributed by atoms with E-state index in [1.165, 1.54) is 4.90 Å². The van der Waals surface area contributed by atoms with Gasteiger partial charge in [0.25, 0.3) is 5.91 Å². The molecule has 0 spiro atoms. The van der Waals surface area contributed by atoms with Crippen molar-refractivity contribution in [3.05, 3.63) is 0 Å². The maximum atomic E-state index is 12.4. The van der Waals surface area contributed by atoms with E-state index in [2.05, 4.69) is 15.1 Å². The number of hydroxylamine groups is 3. The lowest BCUT2D eigenvalue weighted by molar-refractivity contribution is -0.143. The highest BCUT2D eigenvalue weighted by Crippen LogP contribution is 2.31. The molecule has 3 rings (SSSR count). The normalized spacial score (nSPS) is 32.3. The predicted octanol–water partition coefficient (Wildman–Crippen LogP) is -0.822. The lowest BCUT2D eigenvalue weighted by Gasteiger charge is -2.29. The molecule has 3 fully saturated rings. The predicted molar refractivity (Wildman–Crippen MR) is 83.1 cm³/mol. The number of carbonyl (C=O) groups is 2. The first kappa shape index (κ1) is 18.3. The number of hydrogen-bond donors (Lipinski definition) is 3. The SMILES string of the molecule is CN[C@H]1CC[C@H](ONC(=O)[C@@H]2CC[C@@H]3CN2C(=O)N3OS(=O)(=O)O)C1. The van der Waals surface area contributed by atoms with E-state index < -0.39 is 34.4 Å². The third-order valence-corrected chi connectivity index (χ3v) is 5.27. The van der Waals surface area contributed by atoms with Crippen LogP contribution < -0.4 is 10.8 Å². The van der Waals surface area contributed by atoms with Crippen LogP contribution in [0.2, 0.25) is 0 Å². The summed E-state index contributed by atoms with van der Waals surface area (Å²) in [5, 5.41) is 3.77. The average molecular weight is 378 g/mol. The Balaban J connectivity index is 1.55. The smallest absolute Gasteiger partial charge is 0.317 e. The van der Waals surface area contributed by atoms with Crippen LogP contribution in [0.25, 0.3) is 0 Å². The fourth-order valence-corrected chi connectivity index (χ4v) is 4.01. The molecule has 25 heavy (non-hydrogen) atoms. The van der Waals surface area contributed by atoms with Crippen molar-refractivity contribution in [2.24, 2.45) is 0 Å². The molecule has 1 aliphatic carbocycles. The van der Waals surface area contributed by atoms with E-state index in [-0.39, 0.29) is 12.6 Å². The molecule has 12 heteroatoms. The summed E-state index contributed by atoms with van der Waals surface area (Å²) >= 11 is 0. The van der Waals surface area contributed by atoms with Crippen molar-refractivity contribution < 1.29 is 31.7 Å². The minimum atomic E-state index is -4.80. The van der Waals surface area contributed by atoms with Gasteiger partial charge in [0.2, 0.25) is 0 Å². The van der Waals surface area contributed by atoms with E-state index in [4.69, 9.17) is 9.39 Å². The summed E-state index contributed by atoms with van der Waals surface area (Å²) in [4.78, 5) is 31.3. The standard InChI is InChI=1S/C13H22N4O7S/c1-14-8-2-4-10(6-8)23-15-12(18)11-5-3-9-7-16(11)13(19)17(9)24-25(20,21)22/h8-11,14H,2-7H2,1H3,(H,15,18)(H,20,21,22)/t8-,9+,10-,11-/m0/s1. The Labute approximate surface area is 145 Å². The lowest BCUT2D eigenvalue weighted by Crippen LogP contribution is -2.50. The highest BCUT2D eigenvalue weighted by molar-refractivity contribution is 7.80. The number of hydrogen-bond acceptors (Lipinski definition) is 7.